The van der Waals surface area contributed by atoms with Crippen molar-refractivity contribution in [2.45, 2.75) is 64.1 Å². The van der Waals surface area contributed by atoms with Crippen LogP contribution in [0.2, 0.25) is 0 Å². The van der Waals surface area contributed by atoms with Gasteiger partial charge in [-0.3, -0.25) is 14.5 Å². The van der Waals surface area contributed by atoms with Gasteiger partial charge in [-0.15, -0.1) is 0 Å². The van der Waals surface area contributed by atoms with Gasteiger partial charge in [0, 0.05) is 0 Å². The highest BCUT2D eigenvalue weighted by atomic mass is 19.1. The Labute approximate surface area is 146 Å². The highest BCUT2D eigenvalue weighted by molar-refractivity contribution is 6.22. The normalized spacial score (nSPS) is 16.0. The average molecular weight is 349 g/mol. The number of unbranched alkanes of at least 4 members (excludes halogenated alkanes) is 5. The lowest BCUT2D eigenvalue weighted by Crippen LogP contribution is -2.50. The summed E-state index contributed by atoms with van der Waals surface area (Å²) in [5.41, 5.74) is 0.260. The number of carboxylic acids is 1. The topological polar surface area (TPSA) is 74.7 Å². The minimum Gasteiger partial charge on any atom is -0.480 e. The van der Waals surface area contributed by atoms with Crippen molar-refractivity contribution in [1.29, 1.82) is 0 Å². The number of carbonyl (C=O) groups excluding carboxylic acids is 2. The predicted molar refractivity (Wildman–Crippen MR) is 91.3 cm³/mol. The lowest BCUT2D eigenvalue weighted by atomic mass is 10.0. The van der Waals surface area contributed by atoms with Crippen LogP contribution in [0.1, 0.15) is 72.6 Å². The molecule has 0 aromatic heterocycles. The van der Waals surface area contributed by atoms with Gasteiger partial charge in [0.2, 0.25) is 0 Å². The highest BCUT2D eigenvalue weighted by Gasteiger charge is 2.46. The molecule has 0 saturated heterocycles. The van der Waals surface area contributed by atoms with Gasteiger partial charge in [0.05, 0.1) is 11.1 Å². The second kappa shape index (κ2) is 8.74. The van der Waals surface area contributed by atoms with Crippen LogP contribution in [0.15, 0.2) is 24.3 Å². The number of hydrogen-bond donors (Lipinski definition) is 1. The number of hydrogen-bond acceptors (Lipinski definition) is 3. The molecule has 0 spiro atoms. The SMILES string of the molecule is CCCCCCCC[C@@H](F)[C@H](C(=O)O)N1C(=O)c2ccccc2C1=O. The zero-order chi connectivity index (χ0) is 18.4. The fraction of sp³-hybridized carbons (Fsp3) is 0.526. The molecule has 6 heteroatoms. The van der Waals surface area contributed by atoms with Crippen LogP contribution in [0.25, 0.3) is 0 Å². The number of carboxylic acid groups (broad SMARTS) is 1. The lowest BCUT2D eigenvalue weighted by molar-refractivity contribution is -0.144. The standard InChI is InChI=1S/C19H24FNO4/c1-2-3-4-5-6-7-12-15(20)16(19(24)25)21-17(22)13-10-8-9-11-14(13)18(21)23/h8-11,15-16H,2-7,12H2,1H3,(H,24,25)/t15-,16-/m1/s1. The van der Waals surface area contributed by atoms with Gasteiger partial charge >= 0.3 is 5.97 Å². The van der Waals surface area contributed by atoms with E-state index in [-0.39, 0.29) is 17.5 Å². The number of halogens is 1. The number of fused-ring (bicyclic) bond motifs is 1. The predicted octanol–water partition coefficient (Wildman–Crippen LogP) is 3.82. The van der Waals surface area contributed by atoms with E-state index in [1.165, 1.54) is 12.1 Å². The fourth-order valence-electron chi connectivity index (χ4n) is 3.16. The molecule has 25 heavy (non-hydrogen) atoms. The van der Waals surface area contributed by atoms with Gasteiger partial charge in [-0.1, -0.05) is 57.6 Å². The Bertz CT molecular complexity index is 611. The molecular weight excluding hydrogens is 325 g/mol. The molecule has 0 unspecified atom stereocenters. The van der Waals surface area contributed by atoms with Crippen molar-refractivity contribution in [3.8, 4) is 0 Å². The van der Waals surface area contributed by atoms with Crippen molar-refractivity contribution in [2.24, 2.45) is 0 Å². The number of amides is 2. The fourth-order valence-corrected chi connectivity index (χ4v) is 3.16. The van der Waals surface area contributed by atoms with Crippen molar-refractivity contribution in [3.05, 3.63) is 35.4 Å². The Kier molecular flexibility index (Phi) is 6.67. The molecule has 2 rings (SSSR count). The van der Waals surface area contributed by atoms with Crippen LogP contribution in [0.5, 0.6) is 0 Å². The Morgan fingerprint density at radius 1 is 1.04 bits per heavy atom. The first-order chi connectivity index (χ1) is 12.0. The summed E-state index contributed by atoms with van der Waals surface area (Å²) in [4.78, 5) is 36.9. The van der Waals surface area contributed by atoms with E-state index in [0.717, 1.165) is 32.1 Å². The third-order valence-corrected chi connectivity index (χ3v) is 4.53. The summed E-state index contributed by atoms with van der Waals surface area (Å²) in [6.07, 6.45) is 3.91. The summed E-state index contributed by atoms with van der Waals surface area (Å²) in [6, 6.07) is 4.31. The van der Waals surface area contributed by atoms with E-state index >= 15 is 0 Å². The minimum atomic E-state index is -1.77. The lowest BCUT2D eigenvalue weighted by Gasteiger charge is -2.25. The molecule has 1 N–H and O–H groups in total. The van der Waals surface area contributed by atoms with Gasteiger partial charge in [0.25, 0.3) is 11.8 Å². The maximum atomic E-state index is 14.6. The quantitative estimate of drug-likeness (QED) is 0.515. The second-order valence-electron chi connectivity index (χ2n) is 6.38. The maximum absolute atomic E-state index is 14.6. The molecule has 1 heterocycles. The number of imide groups is 1. The summed E-state index contributed by atoms with van der Waals surface area (Å²) in [5.74, 6) is -2.97. The summed E-state index contributed by atoms with van der Waals surface area (Å²) in [5, 5.41) is 9.41. The molecular formula is C19H24FNO4. The van der Waals surface area contributed by atoms with Crippen molar-refractivity contribution >= 4 is 17.8 Å². The summed E-state index contributed by atoms with van der Waals surface area (Å²) in [6.45, 7) is 2.11. The second-order valence-corrected chi connectivity index (χ2v) is 6.38. The van der Waals surface area contributed by atoms with Crippen LogP contribution in [0.4, 0.5) is 4.39 Å². The molecule has 2 atom stereocenters. The number of carbonyl (C=O) groups is 3. The van der Waals surface area contributed by atoms with E-state index in [1.54, 1.807) is 12.1 Å². The number of aliphatic carboxylic acids is 1. The first-order valence-electron chi connectivity index (χ1n) is 8.82. The molecule has 0 saturated carbocycles. The molecule has 0 fully saturated rings. The maximum Gasteiger partial charge on any atom is 0.329 e. The zero-order valence-electron chi connectivity index (χ0n) is 14.4. The first-order valence-corrected chi connectivity index (χ1v) is 8.82. The van der Waals surface area contributed by atoms with E-state index in [4.69, 9.17) is 0 Å². The van der Waals surface area contributed by atoms with Crippen LogP contribution in [-0.4, -0.2) is 40.0 Å². The number of alkyl halides is 1. The van der Waals surface area contributed by atoms with E-state index in [1.807, 2.05) is 0 Å². The molecule has 1 aromatic rings. The average Bonchev–Trinajstić information content (AvgIpc) is 2.83. The molecule has 1 aliphatic heterocycles. The van der Waals surface area contributed by atoms with Crippen molar-refractivity contribution in [2.75, 3.05) is 0 Å². The summed E-state index contributed by atoms with van der Waals surface area (Å²) >= 11 is 0. The van der Waals surface area contributed by atoms with Crippen molar-refractivity contribution in [1.82, 2.24) is 4.90 Å². The molecule has 1 aliphatic rings. The smallest absolute Gasteiger partial charge is 0.329 e. The van der Waals surface area contributed by atoms with Crippen LogP contribution in [0, 0.1) is 0 Å². The third-order valence-electron chi connectivity index (χ3n) is 4.53. The Hall–Kier alpha value is -2.24. The minimum absolute atomic E-state index is 0.0243. The van der Waals surface area contributed by atoms with Gasteiger partial charge in [0.1, 0.15) is 6.17 Å². The first kappa shape index (κ1) is 19.1. The van der Waals surface area contributed by atoms with E-state index in [2.05, 4.69) is 6.92 Å². The van der Waals surface area contributed by atoms with Crippen LogP contribution >= 0.6 is 0 Å². The van der Waals surface area contributed by atoms with Gasteiger partial charge in [-0.05, 0) is 18.6 Å². The molecule has 0 radical (unpaired) electrons. The number of nitrogens with zero attached hydrogens (tertiary/aromatic N) is 1. The zero-order valence-corrected chi connectivity index (χ0v) is 14.4. The molecule has 0 bridgehead atoms. The Balaban J connectivity index is 2.02. The molecule has 2 amide bonds. The number of rotatable bonds is 10. The molecule has 136 valence electrons. The van der Waals surface area contributed by atoms with Gasteiger partial charge < -0.3 is 5.11 Å². The molecule has 0 aliphatic carbocycles. The molecule has 1 aromatic carbocycles. The van der Waals surface area contributed by atoms with Gasteiger partial charge in [0.15, 0.2) is 6.04 Å². The van der Waals surface area contributed by atoms with Crippen LogP contribution in [0.3, 0.4) is 0 Å². The van der Waals surface area contributed by atoms with E-state index in [9.17, 15) is 23.9 Å². The van der Waals surface area contributed by atoms with Gasteiger partial charge in [-0.25, -0.2) is 9.18 Å². The van der Waals surface area contributed by atoms with Gasteiger partial charge in [-0.2, -0.15) is 0 Å². The molecule has 5 nitrogen and oxygen atoms in total. The van der Waals surface area contributed by atoms with Crippen LogP contribution in [-0.2, 0) is 4.79 Å². The van der Waals surface area contributed by atoms with Crippen molar-refractivity contribution in [3.63, 3.8) is 0 Å². The van der Waals surface area contributed by atoms with Crippen LogP contribution < -0.4 is 0 Å². The third kappa shape index (κ3) is 4.24. The van der Waals surface area contributed by atoms with E-state index < -0.39 is 30.0 Å². The Morgan fingerprint density at radius 2 is 1.56 bits per heavy atom. The Morgan fingerprint density at radius 3 is 2.08 bits per heavy atom. The monoisotopic (exact) mass is 349 g/mol. The largest absolute Gasteiger partial charge is 0.480 e. The summed E-state index contributed by atoms with van der Waals surface area (Å²) in [7, 11) is 0. The van der Waals surface area contributed by atoms with Crippen molar-refractivity contribution < 1.29 is 23.9 Å². The van der Waals surface area contributed by atoms with E-state index in [0.29, 0.717) is 11.3 Å². The highest BCUT2D eigenvalue weighted by Crippen LogP contribution is 2.28. The number of benzene rings is 1. The summed E-state index contributed by atoms with van der Waals surface area (Å²) < 4.78 is 14.6.